The second kappa shape index (κ2) is 5.11. The molecule has 3 rings (SSSR count). The third kappa shape index (κ3) is 2.47. The van der Waals surface area contributed by atoms with Gasteiger partial charge in [-0.2, -0.15) is 0 Å². The Morgan fingerprint density at radius 3 is 2.27 bits per heavy atom. The van der Waals surface area contributed by atoms with E-state index < -0.39 is 30.0 Å². The fourth-order valence-corrected chi connectivity index (χ4v) is 3.04. The van der Waals surface area contributed by atoms with Gasteiger partial charge in [0, 0.05) is 0 Å². The maximum atomic E-state index is 13.5. The molecule has 2 heterocycles. The Labute approximate surface area is 132 Å². The molecule has 116 valence electrons. The lowest BCUT2D eigenvalue weighted by Gasteiger charge is -2.32. The van der Waals surface area contributed by atoms with Gasteiger partial charge in [-0.1, -0.05) is 6.07 Å². The molecule has 7 heteroatoms. The summed E-state index contributed by atoms with van der Waals surface area (Å²) in [7, 11) is -0.626. The summed E-state index contributed by atoms with van der Waals surface area (Å²) in [5.41, 5.74) is 1.84. The van der Waals surface area contributed by atoms with Crippen LogP contribution in [-0.2, 0) is 9.31 Å². The van der Waals surface area contributed by atoms with Crippen molar-refractivity contribution in [1.29, 1.82) is 0 Å². The van der Waals surface area contributed by atoms with E-state index in [1.807, 2.05) is 27.7 Å². The van der Waals surface area contributed by atoms with Crippen LogP contribution in [0.5, 0.6) is 0 Å². The van der Waals surface area contributed by atoms with Crippen LogP contribution in [0.15, 0.2) is 23.7 Å². The molecule has 0 bridgehead atoms. The summed E-state index contributed by atoms with van der Waals surface area (Å²) in [6.45, 7) is 7.82. The van der Waals surface area contributed by atoms with Crippen LogP contribution in [-0.4, -0.2) is 23.3 Å². The summed E-state index contributed by atoms with van der Waals surface area (Å²) in [4.78, 5) is 5.03. The van der Waals surface area contributed by atoms with Gasteiger partial charge >= 0.3 is 7.12 Å². The standard InChI is InChI=1S/C15H16BF2NO2S/c1-14(2)15(3,4)21-16(20-14)13-12(22-8-19-13)9-5-6-10(17)11(18)7-9/h5-8H,1-4H3. The van der Waals surface area contributed by atoms with Crippen molar-refractivity contribution < 1.29 is 18.1 Å². The molecule has 1 aromatic carbocycles. The van der Waals surface area contributed by atoms with Crippen molar-refractivity contribution in [3.8, 4) is 10.4 Å². The summed E-state index contributed by atoms with van der Waals surface area (Å²) in [6.07, 6.45) is 0. The van der Waals surface area contributed by atoms with Gasteiger partial charge in [-0.25, -0.2) is 8.78 Å². The maximum absolute atomic E-state index is 13.5. The topological polar surface area (TPSA) is 31.4 Å². The lowest BCUT2D eigenvalue weighted by atomic mass is 9.82. The summed E-state index contributed by atoms with van der Waals surface area (Å²) in [5, 5.41) is 0. The molecule has 0 saturated carbocycles. The first-order valence-electron chi connectivity index (χ1n) is 6.96. The molecule has 0 spiro atoms. The first-order chi connectivity index (χ1) is 10.2. The number of halogens is 2. The molecular weight excluding hydrogens is 307 g/mol. The summed E-state index contributed by atoms with van der Waals surface area (Å²) in [5.74, 6) is -1.75. The minimum Gasteiger partial charge on any atom is -0.398 e. The number of aromatic nitrogens is 1. The van der Waals surface area contributed by atoms with E-state index in [2.05, 4.69) is 4.98 Å². The second-order valence-electron chi connectivity index (χ2n) is 6.28. The summed E-state index contributed by atoms with van der Waals surface area (Å²) in [6, 6.07) is 3.80. The molecule has 0 amide bonds. The fourth-order valence-electron chi connectivity index (χ4n) is 2.23. The first kappa shape index (κ1) is 15.6. The van der Waals surface area contributed by atoms with Crippen LogP contribution in [0.1, 0.15) is 27.7 Å². The molecular formula is C15H16BF2NO2S. The molecule has 22 heavy (non-hydrogen) atoms. The van der Waals surface area contributed by atoms with Crippen molar-refractivity contribution in [1.82, 2.24) is 4.98 Å². The monoisotopic (exact) mass is 323 g/mol. The zero-order valence-electron chi connectivity index (χ0n) is 12.8. The van der Waals surface area contributed by atoms with Crippen LogP contribution in [0.4, 0.5) is 8.78 Å². The lowest BCUT2D eigenvalue weighted by molar-refractivity contribution is 0.00578. The van der Waals surface area contributed by atoms with E-state index in [4.69, 9.17) is 9.31 Å². The van der Waals surface area contributed by atoms with E-state index in [1.165, 1.54) is 17.4 Å². The van der Waals surface area contributed by atoms with Crippen molar-refractivity contribution in [2.75, 3.05) is 0 Å². The molecule has 1 saturated heterocycles. The molecule has 0 radical (unpaired) electrons. The highest BCUT2D eigenvalue weighted by Crippen LogP contribution is 2.37. The Hall–Kier alpha value is -1.31. The number of benzene rings is 1. The molecule has 3 nitrogen and oxygen atoms in total. The largest absolute Gasteiger partial charge is 0.516 e. The predicted octanol–water partition coefficient (Wildman–Crippen LogP) is 3.39. The van der Waals surface area contributed by atoms with Crippen LogP contribution in [0.25, 0.3) is 10.4 Å². The van der Waals surface area contributed by atoms with Crippen molar-refractivity contribution in [2.24, 2.45) is 0 Å². The van der Waals surface area contributed by atoms with E-state index in [-0.39, 0.29) is 0 Å². The zero-order chi connectivity index (χ0) is 16.1. The molecule has 0 N–H and O–H groups in total. The summed E-state index contributed by atoms with van der Waals surface area (Å²) < 4.78 is 38.5. The molecule has 0 atom stereocenters. The molecule has 2 aromatic rings. The SMILES string of the molecule is CC1(C)OB(c2ncsc2-c2ccc(F)c(F)c2)OC1(C)C. The van der Waals surface area contributed by atoms with E-state index in [1.54, 1.807) is 5.51 Å². The third-order valence-electron chi connectivity index (χ3n) is 4.25. The predicted molar refractivity (Wildman–Crippen MR) is 83.2 cm³/mol. The second-order valence-corrected chi connectivity index (χ2v) is 7.14. The Morgan fingerprint density at radius 2 is 1.68 bits per heavy atom. The molecule has 1 aromatic heterocycles. The highest BCUT2D eigenvalue weighted by molar-refractivity contribution is 7.14. The van der Waals surface area contributed by atoms with Crippen LogP contribution in [0.2, 0.25) is 0 Å². The molecule has 0 unspecified atom stereocenters. The quantitative estimate of drug-likeness (QED) is 0.794. The molecule has 1 aliphatic rings. The van der Waals surface area contributed by atoms with Crippen molar-refractivity contribution >= 4 is 24.0 Å². The van der Waals surface area contributed by atoms with Crippen LogP contribution in [0.3, 0.4) is 0 Å². The normalized spacial score (nSPS) is 19.6. The highest BCUT2D eigenvalue weighted by atomic mass is 32.1. The van der Waals surface area contributed by atoms with Gasteiger partial charge in [0.25, 0.3) is 0 Å². The molecule has 0 aliphatic carbocycles. The van der Waals surface area contributed by atoms with Gasteiger partial charge in [0.1, 0.15) is 0 Å². The Morgan fingerprint density at radius 1 is 1.05 bits per heavy atom. The van der Waals surface area contributed by atoms with Crippen molar-refractivity contribution in [3.63, 3.8) is 0 Å². The third-order valence-corrected chi connectivity index (χ3v) is 5.14. The van der Waals surface area contributed by atoms with E-state index in [0.717, 1.165) is 17.0 Å². The van der Waals surface area contributed by atoms with Crippen LogP contribution >= 0.6 is 11.3 Å². The summed E-state index contributed by atoms with van der Waals surface area (Å²) >= 11 is 1.34. The average molecular weight is 323 g/mol. The van der Waals surface area contributed by atoms with Gasteiger partial charge in [-0.3, -0.25) is 4.98 Å². The average Bonchev–Trinajstić information content (AvgIpc) is 2.96. The molecule has 1 fully saturated rings. The number of rotatable bonds is 2. The highest BCUT2D eigenvalue weighted by Gasteiger charge is 2.53. The van der Waals surface area contributed by atoms with E-state index in [9.17, 15) is 8.78 Å². The van der Waals surface area contributed by atoms with Crippen LogP contribution < -0.4 is 5.59 Å². The Kier molecular flexibility index (Phi) is 3.62. The fraction of sp³-hybridized carbons (Fsp3) is 0.400. The van der Waals surface area contributed by atoms with Gasteiger partial charge in [-0.05, 0) is 45.4 Å². The Bertz CT molecular complexity index is 701. The lowest BCUT2D eigenvalue weighted by Crippen LogP contribution is -2.41. The minimum absolute atomic E-state index is 0.480. The van der Waals surface area contributed by atoms with Gasteiger partial charge in [0.05, 0.1) is 27.2 Å². The van der Waals surface area contributed by atoms with Gasteiger partial charge < -0.3 is 9.31 Å². The van der Waals surface area contributed by atoms with E-state index >= 15 is 0 Å². The zero-order valence-corrected chi connectivity index (χ0v) is 13.6. The smallest absolute Gasteiger partial charge is 0.398 e. The number of thiazole rings is 1. The Balaban J connectivity index is 1.98. The maximum Gasteiger partial charge on any atom is 0.516 e. The van der Waals surface area contributed by atoms with Crippen LogP contribution in [0, 0.1) is 11.6 Å². The molecule has 1 aliphatic heterocycles. The van der Waals surface area contributed by atoms with Gasteiger partial charge in [0.2, 0.25) is 0 Å². The number of hydrogen-bond acceptors (Lipinski definition) is 4. The van der Waals surface area contributed by atoms with E-state index in [0.29, 0.717) is 11.2 Å². The van der Waals surface area contributed by atoms with Crippen molar-refractivity contribution in [3.05, 3.63) is 35.3 Å². The minimum atomic E-state index is -0.884. The van der Waals surface area contributed by atoms with Gasteiger partial charge in [-0.15, -0.1) is 11.3 Å². The number of nitrogens with zero attached hydrogens (tertiary/aromatic N) is 1. The number of hydrogen-bond donors (Lipinski definition) is 0. The first-order valence-corrected chi connectivity index (χ1v) is 7.84. The van der Waals surface area contributed by atoms with Gasteiger partial charge in [0.15, 0.2) is 11.6 Å². The van der Waals surface area contributed by atoms with Crippen molar-refractivity contribution in [2.45, 2.75) is 38.9 Å².